The van der Waals surface area contributed by atoms with Crippen LogP contribution in [-0.4, -0.2) is 24.7 Å². The topological polar surface area (TPSA) is 47.6 Å². The van der Waals surface area contributed by atoms with E-state index in [1.807, 2.05) is 12.1 Å². The Morgan fingerprint density at radius 1 is 1.32 bits per heavy atom. The lowest BCUT2D eigenvalue weighted by molar-refractivity contribution is -0.122. The minimum absolute atomic E-state index is 0.170. The average molecular weight is 343 g/mol. The third-order valence-electron chi connectivity index (χ3n) is 6.07. The number of nitrogens with one attached hydrogen (secondary N) is 1. The van der Waals surface area contributed by atoms with E-state index in [4.69, 9.17) is 9.47 Å². The molecule has 1 aromatic rings. The van der Waals surface area contributed by atoms with Gasteiger partial charge in [-0.15, -0.1) is 0 Å². The number of carbonyl (C=O) groups excluding carboxylic acids is 1. The van der Waals surface area contributed by atoms with Crippen LogP contribution in [0.3, 0.4) is 0 Å². The first-order valence-corrected chi connectivity index (χ1v) is 9.70. The van der Waals surface area contributed by atoms with E-state index in [1.54, 1.807) is 0 Å². The van der Waals surface area contributed by atoms with Crippen LogP contribution in [0.25, 0.3) is 0 Å². The summed E-state index contributed by atoms with van der Waals surface area (Å²) in [6.07, 6.45) is 6.94. The van der Waals surface area contributed by atoms with Gasteiger partial charge in [0.2, 0.25) is 5.91 Å². The van der Waals surface area contributed by atoms with E-state index in [2.05, 4.69) is 25.2 Å². The summed E-state index contributed by atoms with van der Waals surface area (Å²) >= 11 is 0. The maximum absolute atomic E-state index is 12.2. The molecule has 1 N–H and O–H groups in total. The summed E-state index contributed by atoms with van der Waals surface area (Å²) in [6.45, 7) is 5.20. The SMILES string of the molecule is CC1(C)Cc2cccc(OCCNC(=O)CC3CC4CCC3C4)c2O1. The number of rotatable bonds is 6. The normalized spacial score (nSPS) is 28.5. The number of carbonyl (C=O) groups is 1. The van der Waals surface area contributed by atoms with E-state index >= 15 is 0 Å². The van der Waals surface area contributed by atoms with E-state index in [-0.39, 0.29) is 11.5 Å². The summed E-state index contributed by atoms with van der Waals surface area (Å²) in [5.41, 5.74) is 1.03. The third kappa shape index (κ3) is 3.63. The number of benzene rings is 1. The second kappa shape index (κ2) is 6.54. The summed E-state index contributed by atoms with van der Waals surface area (Å²) < 4.78 is 11.9. The van der Waals surface area contributed by atoms with Crippen LogP contribution in [0.4, 0.5) is 0 Å². The fourth-order valence-corrected chi connectivity index (χ4v) is 4.99. The molecule has 2 aliphatic carbocycles. The van der Waals surface area contributed by atoms with E-state index < -0.39 is 0 Å². The molecule has 4 nitrogen and oxygen atoms in total. The van der Waals surface area contributed by atoms with Crippen molar-refractivity contribution in [1.29, 1.82) is 0 Å². The first-order chi connectivity index (χ1) is 12.0. The lowest BCUT2D eigenvalue weighted by atomic mass is 9.86. The van der Waals surface area contributed by atoms with Gasteiger partial charge in [0.1, 0.15) is 12.2 Å². The lowest BCUT2D eigenvalue weighted by Gasteiger charge is -2.21. The molecule has 4 heteroatoms. The first kappa shape index (κ1) is 16.7. The highest BCUT2D eigenvalue weighted by Gasteiger charge is 2.40. The van der Waals surface area contributed by atoms with Crippen LogP contribution in [0.15, 0.2) is 18.2 Å². The minimum Gasteiger partial charge on any atom is -0.488 e. The molecule has 0 spiro atoms. The highest BCUT2D eigenvalue weighted by Crippen LogP contribution is 2.49. The van der Waals surface area contributed by atoms with Gasteiger partial charge in [-0.3, -0.25) is 4.79 Å². The molecular weight excluding hydrogens is 314 g/mol. The Hall–Kier alpha value is -1.71. The molecule has 2 saturated carbocycles. The van der Waals surface area contributed by atoms with Crippen molar-refractivity contribution in [2.24, 2.45) is 17.8 Å². The molecule has 3 unspecified atom stereocenters. The average Bonchev–Trinajstić information content (AvgIpc) is 3.24. The van der Waals surface area contributed by atoms with Gasteiger partial charge in [0, 0.05) is 18.4 Å². The molecule has 25 heavy (non-hydrogen) atoms. The smallest absolute Gasteiger partial charge is 0.220 e. The standard InChI is InChI=1S/C21H29NO3/c1-21(2)13-16-4-3-5-18(20(16)25-21)24-9-8-22-19(23)12-17-11-14-6-7-15(17)10-14/h3-5,14-15,17H,6-13H2,1-2H3,(H,22,23). The van der Waals surface area contributed by atoms with Gasteiger partial charge in [-0.05, 0) is 56.9 Å². The van der Waals surface area contributed by atoms with Crippen LogP contribution in [0.2, 0.25) is 0 Å². The minimum atomic E-state index is -0.170. The molecule has 0 radical (unpaired) electrons. The van der Waals surface area contributed by atoms with Gasteiger partial charge in [0.15, 0.2) is 11.5 Å². The van der Waals surface area contributed by atoms with Gasteiger partial charge in [0.05, 0.1) is 6.54 Å². The number of amides is 1. The number of para-hydroxylation sites is 1. The Kier molecular flexibility index (Phi) is 4.38. The molecule has 3 atom stereocenters. The summed E-state index contributed by atoms with van der Waals surface area (Å²) in [5.74, 6) is 4.14. The molecule has 2 fully saturated rings. The molecular formula is C21H29NO3. The summed E-state index contributed by atoms with van der Waals surface area (Å²) in [4.78, 5) is 12.2. The lowest BCUT2D eigenvalue weighted by Crippen LogP contribution is -2.30. The zero-order valence-corrected chi connectivity index (χ0v) is 15.3. The predicted octanol–water partition coefficient (Wildman–Crippen LogP) is 3.72. The van der Waals surface area contributed by atoms with Crippen LogP contribution in [0.5, 0.6) is 11.5 Å². The summed E-state index contributed by atoms with van der Waals surface area (Å²) in [7, 11) is 0. The zero-order chi connectivity index (χ0) is 17.4. The first-order valence-electron chi connectivity index (χ1n) is 9.70. The van der Waals surface area contributed by atoms with Gasteiger partial charge in [0.25, 0.3) is 0 Å². The van der Waals surface area contributed by atoms with Gasteiger partial charge in [-0.2, -0.15) is 0 Å². The highest BCUT2D eigenvalue weighted by atomic mass is 16.5. The molecule has 1 heterocycles. The van der Waals surface area contributed by atoms with E-state index in [1.165, 1.54) is 31.2 Å². The fourth-order valence-electron chi connectivity index (χ4n) is 4.99. The number of ether oxygens (including phenoxy) is 2. The quantitative estimate of drug-likeness (QED) is 0.801. The van der Waals surface area contributed by atoms with E-state index in [0.717, 1.165) is 29.8 Å². The van der Waals surface area contributed by atoms with Crippen molar-refractivity contribution in [2.45, 2.75) is 58.0 Å². The Morgan fingerprint density at radius 2 is 2.20 bits per heavy atom. The van der Waals surface area contributed by atoms with Gasteiger partial charge >= 0.3 is 0 Å². The molecule has 136 valence electrons. The fraction of sp³-hybridized carbons (Fsp3) is 0.667. The molecule has 0 saturated heterocycles. The Labute approximate surface area is 150 Å². The Morgan fingerprint density at radius 3 is 2.96 bits per heavy atom. The Balaban J connectivity index is 1.22. The summed E-state index contributed by atoms with van der Waals surface area (Å²) in [6, 6.07) is 6.04. The van der Waals surface area contributed by atoms with Gasteiger partial charge in [-0.25, -0.2) is 0 Å². The molecule has 1 amide bonds. The molecule has 4 rings (SSSR count). The highest BCUT2D eigenvalue weighted by molar-refractivity contribution is 5.76. The number of hydrogen-bond donors (Lipinski definition) is 1. The maximum Gasteiger partial charge on any atom is 0.220 e. The van der Waals surface area contributed by atoms with Crippen molar-refractivity contribution < 1.29 is 14.3 Å². The van der Waals surface area contributed by atoms with Crippen molar-refractivity contribution in [3.05, 3.63) is 23.8 Å². The molecule has 2 bridgehead atoms. The number of fused-ring (bicyclic) bond motifs is 3. The van der Waals surface area contributed by atoms with Crippen LogP contribution < -0.4 is 14.8 Å². The van der Waals surface area contributed by atoms with Crippen molar-refractivity contribution in [3.63, 3.8) is 0 Å². The summed E-state index contributed by atoms with van der Waals surface area (Å²) in [5, 5.41) is 3.02. The maximum atomic E-state index is 12.2. The third-order valence-corrected chi connectivity index (χ3v) is 6.07. The van der Waals surface area contributed by atoms with E-state index in [9.17, 15) is 4.79 Å². The van der Waals surface area contributed by atoms with Crippen molar-refractivity contribution in [1.82, 2.24) is 5.32 Å². The monoisotopic (exact) mass is 343 g/mol. The number of hydrogen-bond acceptors (Lipinski definition) is 3. The Bertz CT molecular complexity index is 655. The van der Waals surface area contributed by atoms with Crippen molar-refractivity contribution in [2.75, 3.05) is 13.2 Å². The van der Waals surface area contributed by atoms with Crippen molar-refractivity contribution in [3.8, 4) is 11.5 Å². The van der Waals surface area contributed by atoms with Crippen LogP contribution in [0, 0.1) is 17.8 Å². The molecule has 1 aliphatic heterocycles. The molecule has 1 aromatic carbocycles. The second-order valence-electron chi connectivity index (χ2n) is 8.62. The van der Waals surface area contributed by atoms with E-state index in [0.29, 0.717) is 25.5 Å². The van der Waals surface area contributed by atoms with Crippen LogP contribution in [0.1, 0.15) is 51.5 Å². The van der Waals surface area contributed by atoms with Crippen LogP contribution in [-0.2, 0) is 11.2 Å². The second-order valence-corrected chi connectivity index (χ2v) is 8.62. The zero-order valence-electron chi connectivity index (χ0n) is 15.3. The van der Waals surface area contributed by atoms with Crippen LogP contribution >= 0.6 is 0 Å². The largest absolute Gasteiger partial charge is 0.488 e. The van der Waals surface area contributed by atoms with Gasteiger partial charge < -0.3 is 14.8 Å². The molecule has 0 aromatic heterocycles. The van der Waals surface area contributed by atoms with Crippen molar-refractivity contribution >= 4 is 5.91 Å². The van der Waals surface area contributed by atoms with Gasteiger partial charge in [-0.1, -0.05) is 18.6 Å². The molecule has 3 aliphatic rings. The predicted molar refractivity (Wildman–Crippen MR) is 96.9 cm³/mol.